The first-order chi connectivity index (χ1) is 12.7. The van der Waals surface area contributed by atoms with E-state index in [1.54, 1.807) is 25.4 Å². The summed E-state index contributed by atoms with van der Waals surface area (Å²) in [7, 11) is 1.54. The number of pyridine rings is 1. The average molecular weight is 353 g/mol. The molecule has 0 atom stereocenters. The second kappa shape index (κ2) is 6.55. The molecule has 26 heavy (non-hydrogen) atoms. The maximum Gasteiger partial charge on any atom is 0.251 e. The van der Waals surface area contributed by atoms with Gasteiger partial charge in [-0.05, 0) is 37.1 Å². The lowest BCUT2D eigenvalue weighted by Crippen LogP contribution is -2.03. The molecule has 0 amide bonds. The van der Waals surface area contributed by atoms with Crippen LogP contribution in [-0.2, 0) is 12.8 Å². The van der Waals surface area contributed by atoms with Crippen molar-refractivity contribution in [1.29, 1.82) is 0 Å². The third kappa shape index (κ3) is 2.79. The van der Waals surface area contributed by atoms with E-state index in [1.807, 2.05) is 16.5 Å². The molecule has 0 aliphatic carbocycles. The van der Waals surface area contributed by atoms with Crippen molar-refractivity contribution in [2.75, 3.05) is 7.11 Å². The van der Waals surface area contributed by atoms with E-state index in [0.29, 0.717) is 47.1 Å². The van der Waals surface area contributed by atoms with Crippen LogP contribution in [0.1, 0.15) is 17.1 Å². The van der Waals surface area contributed by atoms with E-state index >= 15 is 0 Å². The van der Waals surface area contributed by atoms with Crippen LogP contribution < -0.4 is 4.74 Å². The van der Waals surface area contributed by atoms with Gasteiger partial charge in [-0.2, -0.15) is 0 Å². The Morgan fingerprint density at radius 1 is 1.12 bits per heavy atom. The minimum Gasteiger partial charge on any atom is -0.496 e. The van der Waals surface area contributed by atoms with Crippen molar-refractivity contribution in [1.82, 2.24) is 24.8 Å². The molecule has 1 aromatic carbocycles. The Kier molecular flexibility index (Phi) is 4.08. The van der Waals surface area contributed by atoms with Gasteiger partial charge in [0.1, 0.15) is 17.9 Å². The van der Waals surface area contributed by atoms with Crippen LogP contribution in [-0.4, -0.2) is 31.9 Å². The van der Waals surface area contributed by atoms with Gasteiger partial charge >= 0.3 is 0 Å². The molecule has 0 fully saturated rings. The largest absolute Gasteiger partial charge is 0.496 e. The van der Waals surface area contributed by atoms with Crippen LogP contribution in [0, 0.1) is 12.7 Å². The van der Waals surface area contributed by atoms with Crippen molar-refractivity contribution >= 4 is 5.65 Å². The number of aryl methyl sites for hydroxylation is 2. The standard InChI is InChI=1S/C18H16FN5O2/c1-11-21-23-18(26-11)14-9-7-12(24-10-20-22-17(14)24)6-8-13-15(19)4-3-5-16(13)25-2/h3-5,7,9-10H,6,8H2,1-2H3. The van der Waals surface area contributed by atoms with E-state index in [-0.39, 0.29) is 5.82 Å². The quantitative estimate of drug-likeness (QED) is 0.549. The summed E-state index contributed by atoms with van der Waals surface area (Å²) >= 11 is 0. The summed E-state index contributed by atoms with van der Waals surface area (Å²) in [5.74, 6) is 1.14. The molecule has 0 spiro atoms. The summed E-state index contributed by atoms with van der Waals surface area (Å²) < 4.78 is 26.8. The number of rotatable bonds is 5. The third-order valence-corrected chi connectivity index (χ3v) is 4.22. The zero-order valence-electron chi connectivity index (χ0n) is 14.3. The van der Waals surface area contributed by atoms with E-state index in [0.717, 1.165) is 5.69 Å². The van der Waals surface area contributed by atoms with Crippen molar-refractivity contribution in [3.63, 3.8) is 0 Å². The monoisotopic (exact) mass is 353 g/mol. The lowest BCUT2D eigenvalue weighted by molar-refractivity contribution is 0.404. The van der Waals surface area contributed by atoms with E-state index in [9.17, 15) is 4.39 Å². The topological polar surface area (TPSA) is 78.3 Å². The molecule has 3 aromatic heterocycles. The van der Waals surface area contributed by atoms with Gasteiger partial charge in [0.15, 0.2) is 5.65 Å². The molecule has 4 aromatic rings. The summed E-state index contributed by atoms with van der Waals surface area (Å²) in [4.78, 5) is 0. The highest BCUT2D eigenvalue weighted by atomic mass is 19.1. The molecule has 7 nitrogen and oxygen atoms in total. The van der Waals surface area contributed by atoms with Gasteiger partial charge in [-0.3, -0.25) is 4.40 Å². The zero-order chi connectivity index (χ0) is 18.1. The molecule has 132 valence electrons. The fourth-order valence-corrected chi connectivity index (χ4v) is 2.97. The third-order valence-electron chi connectivity index (χ3n) is 4.22. The summed E-state index contributed by atoms with van der Waals surface area (Å²) in [6.45, 7) is 1.73. The van der Waals surface area contributed by atoms with Gasteiger partial charge in [-0.1, -0.05) is 6.07 Å². The maximum atomic E-state index is 14.1. The lowest BCUT2D eigenvalue weighted by Gasteiger charge is -2.11. The fraction of sp³-hybridized carbons (Fsp3) is 0.222. The number of hydrogen-bond donors (Lipinski definition) is 0. The first-order valence-corrected chi connectivity index (χ1v) is 8.11. The fourth-order valence-electron chi connectivity index (χ4n) is 2.97. The van der Waals surface area contributed by atoms with Gasteiger partial charge in [0.05, 0.1) is 12.7 Å². The van der Waals surface area contributed by atoms with Gasteiger partial charge in [-0.25, -0.2) is 4.39 Å². The molecule has 4 rings (SSSR count). The zero-order valence-corrected chi connectivity index (χ0v) is 14.3. The number of fused-ring (bicyclic) bond motifs is 1. The van der Waals surface area contributed by atoms with Crippen molar-refractivity contribution < 1.29 is 13.5 Å². The highest BCUT2D eigenvalue weighted by molar-refractivity contribution is 5.71. The van der Waals surface area contributed by atoms with E-state index in [2.05, 4.69) is 20.4 Å². The summed E-state index contributed by atoms with van der Waals surface area (Å²) in [5, 5.41) is 16.0. The molecule has 0 aliphatic rings. The van der Waals surface area contributed by atoms with Crippen molar-refractivity contribution in [3.05, 3.63) is 59.6 Å². The number of halogens is 1. The number of aromatic nitrogens is 5. The first kappa shape index (κ1) is 16.2. The van der Waals surface area contributed by atoms with Crippen LogP contribution in [0.2, 0.25) is 0 Å². The van der Waals surface area contributed by atoms with Gasteiger partial charge in [0, 0.05) is 18.2 Å². The SMILES string of the molecule is COc1cccc(F)c1CCc1ccc(-c2nnc(C)o2)c2nncn12. The van der Waals surface area contributed by atoms with Crippen molar-refractivity contribution in [2.45, 2.75) is 19.8 Å². The molecule has 3 heterocycles. The smallest absolute Gasteiger partial charge is 0.251 e. The highest BCUT2D eigenvalue weighted by Gasteiger charge is 2.16. The molecule has 0 unspecified atom stereocenters. The normalized spacial score (nSPS) is 11.2. The number of nitrogens with zero attached hydrogens (tertiary/aromatic N) is 5. The Hall–Kier alpha value is -3.29. The van der Waals surface area contributed by atoms with Crippen LogP contribution in [0.3, 0.4) is 0 Å². The van der Waals surface area contributed by atoms with Crippen LogP contribution in [0.15, 0.2) is 41.1 Å². The number of hydrogen-bond acceptors (Lipinski definition) is 6. The van der Waals surface area contributed by atoms with Crippen LogP contribution >= 0.6 is 0 Å². The first-order valence-electron chi connectivity index (χ1n) is 8.11. The second-order valence-corrected chi connectivity index (χ2v) is 5.81. The van der Waals surface area contributed by atoms with Gasteiger partial charge in [-0.15, -0.1) is 20.4 Å². The number of benzene rings is 1. The Balaban J connectivity index is 1.68. The van der Waals surface area contributed by atoms with E-state index < -0.39 is 0 Å². The van der Waals surface area contributed by atoms with Crippen molar-refractivity contribution in [2.24, 2.45) is 0 Å². The van der Waals surface area contributed by atoms with Gasteiger partial charge < -0.3 is 9.15 Å². The summed E-state index contributed by atoms with van der Waals surface area (Å²) in [6.07, 6.45) is 2.70. The molecular formula is C18H16FN5O2. The molecule has 0 N–H and O–H groups in total. The van der Waals surface area contributed by atoms with Crippen LogP contribution in [0.4, 0.5) is 4.39 Å². The van der Waals surface area contributed by atoms with Crippen molar-refractivity contribution in [3.8, 4) is 17.2 Å². The van der Waals surface area contributed by atoms with E-state index in [1.165, 1.54) is 13.2 Å². The second-order valence-electron chi connectivity index (χ2n) is 5.81. The lowest BCUT2D eigenvalue weighted by atomic mass is 10.1. The highest BCUT2D eigenvalue weighted by Crippen LogP contribution is 2.26. The molecular weight excluding hydrogens is 337 g/mol. The van der Waals surface area contributed by atoms with Crippen LogP contribution in [0.25, 0.3) is 17.1 Å². The molecule has 0 saturated carbocycles. The number of ether oxygens (including phenoxy) is 1. The molecule has 0 radical (unpaired) electrons. The van der Waals surface area contributed by atoms with Crippen LogP contribution in [0.5, 0.6) is 5.75 Å². The maximum absolute atomic E-state index is 14.1. The predicted molar refractivity (Wildman–Crippen MR) is 91.4 cm³/mol. The minimum atomic E-state index is -0.276. The molecule has 0 aliphatic heterocycles. The molecule has 8 heteroatoms. The Morgan fingerprint density at radius 3 is 2.77 bits per heavy atom. The average Bonchev–Trinajstić information content (AvgIpc) is 3.29. The predicted octanol–water partition coefficient (Wildman–Crippen LogP) is 3.02. The summed E-state index contributed by atoms with van der Waals surface area (Å²) in [6, 6.07) is 8.63. The number of methoxy groups -OCH3 is 1. The van der Waals surface area contributed by atoms with Gasteiger partial charge in [0.2, 0.25) is 5.89 Å². The minimum absolute atomic E-state index is 0.276. The van der Waals surface area contributed by atoms with E-state index in [4.69, 9.17) is 9.15 Å². The summed E-state index contributed by atoms with van der Waals surface area (Å²) in [5.41, 5.74) is 2.81. The Labute approximate surface area is 148 Å². The molecule has 0 bridgehead atoms. The Morgan fingerprint density at radius 2 is 2.00 bits per heavy atom. The Bertz CT molecular complexity index is 1070. The van der Waals surface area contributed by atoms with Gasteiger partial charge in [0.25, 0.3) is 5.89 Å². The molecule has 0 saturated heterocycles.